The van der Waals surface area contributed by atoms with Crippen LogP contribution in [-0.2, 0) is 16.1 Å². The summed E-state index contributed by atoms with van der Waals surface area (Å²) >= 11 is 0. The zero-order chi connectivity index (χ0) is 16.1. The third kappa shape index (κ3) is 2.28. The largest absolute Gasteiger partial charge is 0.370 e. The molecule has 2 bridgehead atoms. The van der Waals surface area contributed by atoms with Crippen LogP contribution in [0, 0.1) is 23.5 Å². The van der Waals surface area contributed by atoms with Crippen LogP contribution in [0.2, 0.25) is 0 Å². The molecule has 0 aromatic heterocycles. The highest BCUT2D eigenvalue weighted by atomic mass is 19.1. The molecule has 122 valence electrons. The Bertz CT molecular complexity index is 574. The zero-order valence-corrected chi connectivity index (χ0v) is 13.7. The van der Waals surface area contributed by atoms with Gasteiger partial charge in [-0.2, -0.15) is 0 Å². The van der Waals surface area contributed by atoms with E-state index in [1.807, 2.05) is 0 Å². The average molecular weight is 310 g/mol. The summed E-state index contributed by atoms with van der Waals surface area (Å²) in [6.45, 7) is 8.77. The summed E-state index contributed by atoms with van der Waals surface area (Å²) in [5.41, 5.74) is -0.0559. The minimum absolute atomic E-state index is 0.0619. The van der Waals surface area contributed by atoms with Gasteiger partial charge in [0.1, 0.15) is 11.6 Å². The SMILES string of the molecule is CC(C)[C@]12CC[C@](C)(O1)[C@H](OCc1ccc(F)cc1F)C2C. The molecule has 4 heteroatoms. The summed E-state index contributed by atoms with van der Waals surface area (Å²) in [7, 11) is 0. The lowest BCUT2D eigenvalue weighted by atomic mass is 9.69. The first-order valence-electron chi connectivity index (χ1n) is 8.04. The molecule has 0 saturated carbocycles. The Labute approximate surface area is 130 Å². The van der Waals surface area contributed by atoms with Crippen molar-refractivity contribution in [2.24, 2.45) is 11.8 Å². The van der Waals surface area contributed by atoms with Crippen molar-refractivity contribution in [3.63, 3.8) is 0 Å². The maximum atomic E-state index is 13.8. The van der Waals surface area contributed by atoms with E-state index in [1.165, 1.54) is 12.1 Å². The molecule has 0 amide bonds. The van der Waals surface area contributed by atoms with Gasteiger partial charge in [0, 0.05) is 17.5 Å². The summed E-state index contributed by atoms with van der Waals surface area (Å²) in [5.74, 6) is -0.445. The molecule has 2 heterocycles. The number of halogens is 2. The minimum atomic E-state index is -0.566. The van der Waals surface area contributed by atoms with Crippen LogP contribution in [0.1, 0.15) is 46.1 Å². The molecule has 1 unspecified atom stereocenters. The van der Waals surface area contributed by atoms with E-state index in [0.29, 0.717) is 11.5 Å². The zero-order valence-electron chi connectivity index (χ0n) is 13.7. The summed E-state index contributed by atoms with van der Waals surface area (Å²) in [6.07, 6.45) is 1.95. The normalized spacial score (nSPS) is 37.2. The van der Waals surface area contributed by atoms with Crippen molar-refractivity contribution in [1.29, 1.82) is 0 Å². The summed E-state index contributed by atoms with van der Waals surface area (Å²) in [5, 5.41) is 0. The number of ether oxygens (including phenoxy) is 2. The van der Waals surface area contributed by atoms with Crippen LogP contribution in [0.5, 0.6) is 0 Å². The highest BCUT2D eigenvalue weighted by Gasteiger charge is 2.65. The Morgan fingerprint density at radius 2 is 2.05 bits per heavy atom. The van der Waals surface area contributed by atoms with Crippen molar-refractivity contribution in [2.45, 2.75) is 64.4 Å². The molecule has 0 aliphatic carbocycles. The number of fused-ring (bicyclic) bond motifs is 2. The monoisotopic (exact) mass is 310 g/mol. The molecule has 22 heavy (non-hydrogen) atoms. The lowest BCUT2D eigenvalue weighted by molar-refractivity contribution is -0.0963. The maximum absolute atomic E-state index is 13.8. The Hall–Kier alpha value is -1.00. The average Bonchev–Trinajstić information content (AvgIpc) is 2.90. The molecule has 2 aliphatic heterocycles. The van der Waals surface area contributed by atoms with E-state index < -0.39 is 11.6 Å². The molecule has 0 spiro atoms. The molecule has 4 atom stereocenters. The number of hydrogen-bond acceptors (Lipinski definition) is 2. The molecule has 2 saturated heterocycles. The second kappa shape index (κ2) is 5.27. The van der Waals surface area contributed by atoms with Crippen molar-refractivity contribution in [2.75, 3.05) is 0 Å². The van der Waals surface area contributed by atoms with Crippen molar-refractivity contribution in [1.82, 2.24) is 0 Å². The molecule has 2 fully saturated rings. The van der Waals surface area contributed by atoms with Crippen LogP contribution in [0.3, 0.4) is 0 Å². The summed E-state index contributed by atoms with van der Waals surface area (Å²) in [6, 6.07) is 3.61. The highest BCUT2D eigenvalue weighted by Crippen LogP contribution is 2.58. The molecular formula is C18H24F2O2. The predicted molar refractivity (Wildman–Crippen MR) is 80.4 cm³/mol. The van der Waals surface area contributed by atoms with Gasteiger partial charge >= 0.3 is 0 Å². The quantitative estimate of drug-likeness (QED) is 0.817. The van der Waals surface area contributed by atoms with Gasteiger partial charge in [-0.1, -0.05) is 26.8 Å². The van der Waals surface area contributed by atoms with Crippen LogP contribution in [0.15, 0.2) is 18.2 Å². The lowest BCUT2D eigenvalue weighted by Gasteiger charge is -2.38. The summed E-state index contributed by atoms with van der Waals surface area (Å²) < 4.78 is 39.2. The fourth-order valence-corrected chi connectivity index (χ4v) is 4.36. The van der Waals surface area contributed by atoms with Crippen LogP contribution in [0.25, 0.3) is 0 Å². The van der Waals surface area contributed by atoms with Gasteiger partial charge in [-0.05, 0) is 31.7 Å². The number of hydrogen-bond donors (Lipinski definition) is 0. The molecule has 0 N–H and O–H groups in total. The van der Waals surface area contributed by atoms with Gasteiger partial charge in [0.15, 0.2) is 0 Å². The maximum Gasteiger partial charge on any atom is 0.131 e. The van der Waals surface area contributed by atoms with Gasteiger partial charge < -0.3 is 9.47 Å². The fourth-order valence-electron chi connectivity index (χ4n) is 4.36. The highest BCUT2D eigenvalue weighted by molar-refractivity contribution is 5.18. The first-order valence-corrected chi connectivity index (χ1v) is 8.04. The van der Waals surface area contributed by atoms with Crippen LogP contribution >= 0.6 is 0 Å². The Kier molecular flexibility index (Phi) is 3.81. The second-order valence-electron chi connectivity index (χ2n) is 7.28. The third-order valence-electron chi connectivity index (χ3n) is 5.67. The molecule has 3 rings (SSSR count). The van der Waals surface area contributed by atoms with Crippen molar-refractivity contribution in [3.05, 3.63) is 35.4 Å². The third-order valence-corrected chi connectivity index (χ3v) is 5.67. The Morgan fingerprint density at radius 1 is 1.32 bits per heavy atom. The smallest absolute Gasteiger partial charge is 0.131 e. The Balaban J connectivity index is 1.76. The second-order valence-corrected chi connectivity index (χ2v) is 7.28. The van der Waals surface area contributed by atoms with E-state index >= 15 is 0 Å². The molecule has 2 aliphatic rings. The molecular weight excluding hydrogens is 286 g/mol. The number of rotatable bonds is 4. The van der Waals surface area contributed by atoms with E-state index in [9.17, 15) is 8.78 Å². The van der Waals surface area contributed by atoms with E-state index in [0.717, 1.165) is 18.9 Å². The van der Waals surface area contributed by atoms with Crippen LogP contribution in [0.4, 0.5) is 8.78 Å². The van der Waals surface area contributed by atoms with E-state index in [2.05, 4.69) is 27.7 Å². The Morgan fingerprint density at radius 3 is 2.64 bits per heavy atom. The summed E-state index contributed by atoms with van der Waals surface area (Å²) in [4.78, 5) is 0. The van der Waals surface area contributed by atoms with Gasteiger partial charge in [-0.25, -0.2) is 8.78 Å². The molecule has 1 aromatic carbocycles. The van der Waals surface area contributed by atoms with Gasteiger partial charge in [-0.3, -0.25) is 0 Å². The topological polar surface area (TPSA) is 18.5 Å². The lowest BCUT2D eigenvalue weighted by Crippen LogP contribution is -2.46. The molecule has 2 nitrogen and oxygen atoms in total. The van der Waals surface area contributed by atoms with E-state index in [-0.39, 0.29) is 29.8 Å². The van der Waals surface area contributed by atoms with Crippen LogP contribution < -0.4 is 0 Å². The fraction of sp³-hybridized carbons (Fsp3) is 0.667. The van der Waals surface area contributed by atoms with Crippen molar-refractivity contribution < 1.29 is 18.3 Å². The van der Waals surface area contributed by atoms with Gasteiger partial charge in [0.25, 0.3) is 0 Å². The van der Waals surface area contributed by atoms with E-state index in [4.69, 9.17) is 9.47 Å². The molecule has 0 radical (unpaired) electrons. The first-order chi connectivity index (χ1) is 10.3. The van der Waals surface area contributed by atoms with Gasteiger partial charge in [-0.15, -0.1) is 0 Å². The predicted octanol–water partition coefficient (Wildman–Crippen LogP) is 4.46. The standard InChI is InChI=1S/C18H24F2O2/c1-11(2)18-8-7-17(4,22-18)16(12(18)3)21-10-13-5-6-14(19)9-15(13)20/h5-6,9,11-12,16H,7-8,10H2,1-4H3/t12?,16-,17+,18+/m1/s1. The minimum Gasteiger partial charge on any atom is -0.370 e. The van der Waals surface area contributed by atoms with Crippen molar-refractivity contribution in [3.8, 4) is 0 Å². The first kappa shape index (κ1) is 15.9. The van der Waals surface area contributed by atoms with Gasteiger partial charge in [0.05, 0.1) is 23.9 Å². The van der Waals surface area contributed by atoms with E-state index in [1.54, 1.807) is 0 Å². The van der Waals surface area contributed by atoms with Crippen molar-refractivity contribution >= 4 is 0 Å². The van der Waals surface area contributed by atoms with Crippen LogP contribution in [-0.4, -0.2) is 17.3 Å². The van der Waals surface area contributed by atoms with Gasteiger partial charge in [0.2, 0.25) is 0 Å². The number of benzene rings is 1. The molecule has 1 aromatic rings.